The molecule has 1 amide bonds. The zero-order valence-corrected chi connectivity index (χ0v) is 12.1. The first-order valence-electron chi connectivity index (χ1n) is 6.65. The number of aryl methyl sites for hydroxylation is 3. The molecule has 0 bridgehead atoms. The minimum atomic E-state index is 0.190. The predicted octanol–water partition coefficient (Wildman–Crippen LogP) is 2.25. The average Bonchev–Trinajstić information content (AvgIpc) is 2.86. The Morgan fingerprint density at radius 1 is 1.56 bits per heavy atom. The van der Waals surface area contributed by atoms with Crippen molar-refractivity contribution in [2.24, 2.45) is 5.73 Å². The number of hydrogen-bond acceptors (Lipinski definition) is 3. The van der Waals surface area contributed by atoms with Crippen molar-refractivity contribution in [1.82, 2.24) is 4.90 Å². The van der Waals surface area contributed by atoms with Crippen molar-refractivity contribution >= 4 is 17.2 Å². The minimum Gasteiger partial charge on any atom is -0.341 e. The molecule has 18 heavy (non-hydrogen) atoms. The largest absolute Gasteiger partial charge is 0.341 e. The molecule has 0 spiro atoms. The highest BCUT2D eigenvalue weighted by molar-refractivity contribution is 7.12. The Hall–Kier alpha value is -0.870. The molecule has 1 aliphatic rings. The Balaban J connectivity index is 1.75. The predicted molar refractivity (Wildman–Crippen MR) is 75.9 cm³/mol. The fraction of sp³-hybridized carbons (Fsp3) is 0.643. The summed E-state index contributed by atoms with van der Waals surface area (Å²) in [5.74, 6) is 0.271. The van der Waals surface area contributed by atoms with Crippen LogP contribution in [0.15, 0.2) is 6.07 Å². The third kappa shape index (κ3) is 3.33. The third-order valence-electron chi connectivity index (χ3n) is 3.56. The molecule has 0 aliphatic carbocycles. The van der Waals surface area contributed by atoms with Gasteiger partial charge in [-0.3, -0.25) is 4.79 Å². The maximum absolute atomic E-state index is 11.9. The molecule has 2 N–H and O–H groups in total. The molecule has 1 atom stereocenters. The van der Waals surface area contributed by atoms with Gasteiger partial charge in [0.15, 0.2) is 0 Å². The summed E-state index contributed by atoms with van der Waals surface area (Å²) in [6.07, 6.45) is 3.57. The van der Waals surface area contributed by atoms with Crippen LogP contribution in [0.1, 0.15) is 34.6 Å². The van der Waals surface area contributed by atoms with Crippen LogP contribution >= 0.6 is 11.3 Å². The number of carbonyl (C=O) groups excluding carboxylic acids is 1. The fourth-order valence-electron chi connectivity index (χ4n) is 2.53. The Kier molecular flexibility index (Phi) is 4.40. The van der Waals surface area contributed by atoms with E-state index in [1.807, 2.05) is 16.2 Å². The van der Waals surface area contributed by atoms with Crippen LogP contribution in [0.2, 0.25) is 0 Å². The Labute approximate surface area is 113 Å². The van der Waals surface area contributed by atoms with Crippen LogP contribution in [0.5, 0.6) is 0 Å². The van der Waals surface area contributed by atoms with Gasteiger partial charge < -0.3 is 10.6 Å². The lowest BCUT2D eigenvalue weighted by molar-refractivity contribution is -0.130. The van der Waals surface area contributed by atoms with Crippen molar-refractivity contribution in [2.45, 2.75) is 45.6 Å². The lowest BCUT2D eigenvalue weighted by atomic mass is 10.1. The first kappa shape index (κ1) is 13.6. The summed E-state index contributed by atoms with van der Waals surface area (Å²) in [4.78, 5) is 16.6. The highest BCUT2D eigenvalue weighted by atomic mass is 32.1. The van der Waals surface area contributed by atoms with E-state index in [1.165, 1.54) is 15.3 Å². The van der Waals surface area contributed by atoms with Crippen LogP contribution in [0, 0.1) is 13.8 Å². The van der Waals surface area contributed by atoms with Crippen molar-refractivity contribution in [3.63, 3.8) is 0 Å². The molecule has 0 saturated carbocycles. The summed E-state index contributed by atoms with van der Waals surface area (Å²) in [6.45, 7) is 5.89. The van der Waals surface area contributed by atoms with Crippen LogP contribution in [-0.4, -0.2) is 29.9 Å². The van der Waals surface area contributed by atoms with E-state index in [9.17, 15) is 4.79 Å². The summed E-state index contributed by atoms with van der Waals surface area (Å²) >= 11 is 1.84. The molecule has 1 aromatic rings. The van der Waals surface area contributed by atoms with E-state index in [2.05, 4.69) is 19.9 Å². The molecule has 1 aromatic heterocycles. The molecule has 0 aromatic carbocycles. The van der Waals surface area contributed by atoms with Crippen molar-refractivity contribution in [2.75, 3.05) is 13.1 Å². The monoisotopic (exact) mass is 266 g/mol. The van der Waals surface area contributed by atoms with Crippen LogP contribution in [0.3, 0.4) is 0 Å². The summed E-state index contributed by atoms with van der Waals surface area (Å²) in [5, 5.41) is 0. The van der Waals surface area contributed by atoms with Gasteiger partial charge in [-0.05, 0) is 44.7 Å². The highest BCUT2D eigenvalue weighted by Crippen LogP contribution is 2.22. The molecular weight excluding hydrogens is 244 g/mol. The van der Waals surface area contributed by atoms with Crippen LogP contribution < -0.4 is 5.73 Å². The van der Waals surface area contributed by atoms with Gasteiger partial charge in [0, 0.05) is 35.3 Å². The number of hydrogen-bond donors (Lipinski definition) is 1. The van der Waals surface area contributed by atoms with E-state index in [4.69, 9.17) is 5.73 Å². The molecule has 2 heterocycles. The molecule has 1 unspecified atom stereocenters. The van der Waals surface area contributed by atoms with E-state index in [-0.39, 0.29) is 11.9 Å². The van der Waals surface area contributed by atoms with Gasteiger partial charge in [-0.25, -0.2) is 0 Å². The van der Waals surface area contributed by atoms with Gasteiger partial charge in [-0.15, -0.1) is 11.3 Å². The number of nitrogens with zero attached hydrogens (tertiary/aromatic N) is 1. The smallest absolute Gasteiger partial charge is 0.222 e. The van der Waals surface area contributed by atoms with Gasteiger partial charge in [-0.2, -0.15) is 0 Å². The van der Waals surface area contributed by atoms with E-state index >= 15 is 0 Å². The van der Waals surface area contributed by atoms with Crippen LogP contribution in [-0.2, 0) is 11.2 Å². The molecule has 1 aliphatic heterocycles. The zero-order chi connectivity index (χ0) is 13.1. The second kappa shape index (κ2) is 5.85. The van der Waals surface area contributed by atoms with Crippen molar-refractivity contribution in [3.05, 3.63) is 21.4 Å². The van der Waals surface area contributed by atoms with Gasteiger partial charge in [0.05, 0.1) is 0 Å². The third-order valence-corrected chi connectivity index (χ3v) is 4.57. The molecule has 1 saturated heterocycles. The lowest BCUT2D eigenvalue weighted by Crippen LogP contribution is -2.31. The summed E-state index contributed by atoms with van der Waals surface area (Å²) in [5.41, 5.74) is 7.22. The quantitative estimate of drug-likeness (QED) is 0.908. The summed E-state index contributed by atoms with van der Waals surface area (Å²) in [7, 11) is 0. The number of carbonyl (C=O) groups is 1. The molecule has 1 fully saturated rings. The SMILES string of the molecule is Cc1cc(CCCC(=O)N2CCC(N)C2)c(C)s1. The standard InChI is InChI=1S/C14H22N2OS/c1-10-8-12(11(2)18-10)4-3-5-14(17)16-7-6-13(15)9-16/h8,13H,3-7,9,15H2,1-2H3. The first-order chi connectivity index (χ1) is 8.56. The molecule has 4 heteroatoms. The molecular formula is C14H22N2OS. The van der Waals surface area contributed by atoms with E-state index in [1.54, 1.807) is 0 Å². The van der Waals surface area contributed by atoms with Gasteiger partial charge >= 0.3 is 0 Å². The Morgan fingerprint density at radius 3 is 2.89 bits per heavy atom. The van der Waals surface area contributed by atoms with E-state index in [0.717, 1.165) is 32.4 Å². The Morgan fingerprint density at radius 2 is 2.33 bits per heavy atom. The molecule has 100 valence electrons. The second-order valence-electron chi connectivity index (χ2n) is 5.18. The first-order valence-corrected chi connectivity index (χ1v) is 7.47. The van der Waals surface area contributed by atoms with Crippen molar-refractivity contribution in [1.29, 1.82) is 0 Å². The van der Waals surface area contributed by atoms with Crippen molar-refractivity contribution < 1.29 is 4.79 Å². The minimum absolute atomic E-state index is 0.190. The molecule has 2 rings (SSSR count). The van der Waals surface area contributed by atoms with Gasteiger partial charge in [-0.1, -0.05) is 0 Å². The van der Waals surface area contributed by atoms with Crippen molar-refractivity contribution in [3.8, 4) is 0 Å². The summed E-state index contributed by atoms with van der Waals surface area (Å²) < 4.78 is 0. The Bertz CT molecular complexity index is 427. The zero-order valence-electron chi connectivity index (χ0n) is 11.2. The number of rotatable bonds is 4. The fourth-order valence-corrected chi connectivity index (χ4v) is 3.51. The molecule has 3 nitrogen and oxygen atoms in total. The number of thiophene rings is 1. The number of amides is 1. The van der Waals surface area contributed by atoms with E-state index < -0.39 is 0 Å². The van der Waals surface area contributed by atoms with Gasteiger partial charge in [0.2, 0.25) is 5.91 Å². The highest BCUT2D eigenvalue weighted by Gasteiger charge is 2.22. The normalized spacial score (nSPS) is 19.5. The average molecular weight is 266 g/mol. The lowest BCUT2D eigenvalue weighted by Gasteiger charge is -2.15. The van der Waals surface area contributed by atoms with Crippen LogP contribution in [0.25, 0.3) is 0 Å². The maximum atomic E-state index is 11.9. The number of likely N-dealkylation sites (tertiary alicyclic amines) is 1. The molecule has 0 radical (unpaired) electrons. The topological polar surface area (TPSA) is 46.3 Å². The van der Waals surface area contributed by atoms with E-state index in [0.29, 0.717) is 6.42 Å². The maximum Gasteiger partial charge on any atom is 0.222 e. The van der Waals surface area contributed by atoms with Gasteiger partial charge in [0.1, 0.15) is 0 Å². The number of nitrogens with two attached hydrogens (primary N) is 1. The van der Waals surface area contributed by atoms with Gasteiger partial charge in [0.25, 0.3) is 0 Å². The van der Waals surface area contributed by atoms with Crippen LogP contribution in [0.4, 0.5) is 0 Å². The second-order valence-corrected chi connectivity index (χ2v) is 6.64. The summed E-state index contributed by atoms with van der Waals surface area (Å²) in [6, 6.07) is 2.44.